The van der Waals surface area contributed by atoms with Gasteiger partial charge in [0.15, 0.2) is 0 Å². The van der Waals surface area contributed by atoms with Gasteiger partial charge in [-0.3, -0.25) is 4.79 Å². The predicted octanol–water partition coefficient (Wildman–Crippen LogP) is 4.94. The molecule has 2 aromatic heterocycles. The zero-order valence-corrected chi connectivity index (χ0v) is 16.3. The van der Waals surface area contributed by atoms with Crippen molar-refractivity contribution in [3.63, 3.8) is 0 Å². The minimum atomic E-state index is -0.839. The summed E-state index contributed by atoms with van der Waals surface area (Å²) in [6.07, 6.45) is 0. The van der Waals surface area contributed by atoms with Gasteiger partial charge in [0.2, 0.25) is 0 Å². The second-order valence-corrected chi connectivity index (χ2v) is 7.21. The smallest absolute Gasteiger partial charge is 0.275 e. The van der Waals surface area contributed by atoms with Crippen molar-refractivity contribution < 1.29 is 18.3 Å². The first-order chi connectivity index (χ1) is 14.1. The molecule has 29 heavy (non-hydrogen) atoms. The Bertz CT molecular complexity index is 1190. The fraction of sp³-hybridized carbons (Fsp3) is 0.143. The summed E-state index contributed by atoms with van der Waals surface area (Å²) in [4.78, 5) is 16.9. The molecule has 0 unspecified atom stereocenters. The molecule has 8 heteroatoms. The van der Waals surface area contributed by atoms with Gasteiger partial charge < -0.3 is 14.6 Å². The number of benzene rings is 2. The van der Waals surface area contributed by atoms with Crippen LogP contribution >= 0.6 is 11.3 Å². The molecule has 0 spiro atoms. The number of amides is 1. The van der Waals surface area contributed by atoms with Crippen LogP contribution in [0, 0.1) is 11.6 Å². The largest absolute Gasteiger partial charge is 0.383 e. The number of aromatic nitrogens is 2. The molecule has 0 atom stereocenters. The zero-order chi connectivity index (χ0) is 20.4. The molecule has 4 aromatic rings. The zero-order valence-electron chi connectivity index (χ0n) is 15.5. The summed E-state index contributed by atoms with van der Waals surface area (Å²) in [5.74, 6) is -2.11. The van der Waals surface area contributed by atoms with Crippen LogP contribution in [0.25, 0.3) is 21.6 Å². The number of thiazole rings is 1. The molecule has 0 bridgehead atoms. The van der Waals surface area contributed by atoms with Gasteiger partial charge in [0, 0.05) is 36.0 Å². The van der Waals surface area contributed by atoms with Gasteiger partial charge in [-0.1, -0.05) is 18.2 Å². The molecule has 0 saturated carbocycles. The molecule has 0 saturated heterocycles. The lowest BCUT2D eigenvalue weighted by atomic mass is 10.2. The molecule has 2 heterocycles. The van der Waals surface area contributed by atoms with Crippen LogP contribution in [0.2, 0.25) is 0 Å². The van der Waals surface area contributed by atoms with Crippen molar-refractivity contribution in [2.24, 2.45) is 0 Å². The molecule has 0 aliphatic heterocycles. The van der Waals surface area contributed by atoms with Gasteiger partial charge in [0.1, 0.15) is 22.3 Å². The fourth-order valence-corrected chi connectivity index (χ4v) is 3.91. The molecule has 1 N–H and O–H groups in total. The molecule has 0 fully saturated rings. The van der Waals surface area contributed by atoms with Crippen molar-refractivity contribution in [1.29, 1.82) is 0 Å². The number of ether oxygens (including phenoxy) is 1. The van der Waals surface area contributed by atoms with E-state index in [1.54, 1.807) is 12.5 Å². The topological polar surface area (TPSA) is 56.2 Å². The van der Waals surface area contributed by atoms with Crippen LogP contribution in [-0.4, -0.2) is 29.2 Å². The fourth-order valence-electron chi connectivity index (χ4n) is 3.08. The van der Waals surface area contributed by atoms with E-state index in [1.807, 2.05) is 30.3 Å². The lowest BCUT2D eigenvalue weighted by Crippen LogP contribution is -2.13. The maximum atomic E-state index is 13.8. The summed E-state index contributed by atoms with van der Waals surface area (Å²) in [6, 6.07) is 13.0. The summed E-state index contributed by atoms with van der Waals surface area (Å²) in [5.41, 5.74) is 1.99. The van der Waals surface area contributed by atoms with Gasteiger partial charge in [-0.05, 0) is 24.3 Å². The van der Waals surface area contributed by atoms with E-state index in [-0.39, 0.29) is 11.4 Å². The Morgan fingerprint density at radius 1 is 1.21 bits per heavy atom. The molecule has 1 amide bonds. The first-order valence-electron chi connectivity index (χ1n) is 8.86. The van der Waals surface area contributed by atoms with Gasteiger partial charge in [-0.25, -0.2) is 13.8 Å². The second kappa shape index (κ2) is 8.10. The molecule has 0 aliphatic rings. The SMILES string of the molecule is COCCn1c(-c2nc(C(=O)Nc3ccc(F)cc3F)cs2)cc2ccccc21. The Balaban J connectivity index is 1.64. The Morgan fingerprint density at radius 2 is 2.03 bits per heavy atom. The molecule has 0 radical (unpaired) electrons. The highest BCUT2D eigenvalue weighted by Crippen LogP contribution is 2.30. The summed E-state index contributed by atoms with van der Waals surface area (Å²) < 4.78 is 34.2. The van der Waals surface area contributed by atoms with Crippen molar-refractivity contribution in [2.75, 3.05) is 19.0 Å². The van der Waals surface area contributed by atoms with E-state index in [9.17, 15) is 13.6 Å². The average molecular weight is 413 g/mol. The first-order valence-corrected chi connectivity index (χ1v) is 9.74. The summed E-state index contributed by atoms with van der Waals surface area (Å²) in [5, 5.41) is 5.78. The lowest BCUT2D eigenvalue weighted by Gasteiger charge is -2.08. The molecule has 148 valence electrons. The van der Waals surface area contributed by atoms with Crippen LogP contribution in [0.5, 0.6) is 0 Å². The van der Waals surface area contributed by atoms with Crippen LogP contribution in [0.4, 0.5) is 14.5 Å². The maximum Gasteiger partial charge on any atom is 0.275 e. The Morgan fingerprint density at radius 3 is 2.83 bits per heavy atom. The third-order valence-corrected chi connectivity index (χ3v) is 5.33. The minimum absolute atomic E-state index is 0.0971. The van der Waals surface area contributed by atoms with Crippen molar-refractivity contribution in [2.45, 2.75) is 6.54 Å². The van der Waals surface area contributed by atoms with E-state index >= 15 is 0 Å². The van der Waals surface area contributed by atoms with E-state index in [4.69, 9.17) is 4.74 Å². The number of halogens is 2. The molecule has 2 aromatic carbocycles. The van der Waals surface area contributed by atoms with Gasteiger partial charge in [-0.15, -0.1) is 11.3 Å². The third-order valence-electron chi connectivity index (χ3n) is 4.46. The highest BCUT2D eigenvalue weighted by atomic mass is 32.1. The number of anilines is 1. The first kappa shape index (κ1) is 19.2. The number of methoxy groups -OCH3 is 1. The van der Waals surface area contributed by atoms with E-state index in [0.29, 0.717) is 18.2 Å². The lowest BCUT2D eigenvalue weighted by molar-refractivity contribution is 0.102. The molecular formula is C21H17F2N3O2S. The Kier molecular flexibility index (Phi) is 5.37. The number of nitrogens with one attached hydrogen (secondary N) is 1. The van der Waals surface area contributed by atoms with Gasteiger partial charge in [0.25, 0.3) is 5.91 Å². The number of hydrogen-bond donors (Lipinski definition) is 1. The van der Waals surface area contributed by atoms with Crippen LogP contribution in [0.15, 0.2) is 53.9 Å². The van der Waals surface area contributed by atoms with Crippen LogP contribution in [-0.2, 0) is 11.3 Å². The number of rotatable bonds is 6. The normalized spacial score (nSPS) is 11.1. The predicted molar refractivity (Wildman–Crippen MR) is 109 cm³/mol. The third kappa shape index (κ3) is 3.90. The summed E-state index contributed by atoms with van der Waals surface area (Å²) >= 11 is 1.32. The standard InChI is InChI=1S/C21H17F2N3O2S/c1-28-9-8-26-18-5-3-2-4-13(18)10-19(26)21-25-17(12-29-21)20(27)24-16-7-6-14(22)11-15(16)23/h2-7,10-12H,8-9H2,1H3,(H,24,27). The van der Waals surface area contributed by atoms with Gasteiger partial charge in [-0.2, -0.15) is 0 Å². The molecular weight excluding hydrogens is 396 g/mol. The number of hydrogen-bond acceptors (Lipinski definition) is 4. The monoisotopic (exact) mass is 413 g/mol. The van der Waals surface area contributed by atoms with E-state index < -0.39 is 17.5 Å². The highest BCUT2D eigenvalue weighted by molar-refractivity contribution is 7.13. The average Bonchev–Trinajstić information content (AvgIpc) is 3.33. The Labute approximate surface area is 169 Å². The van der Waals surface area contributed by atoms with Crippen LogP contribution < -0.4 is 5.32 Å². The maximum absolute atomic E-state index is 13.8. The number of carbonyl (C=O) groups excluding carboxylic acids is 1. The quantitative estimate of drug-likeness (QED) is 0.487. The van der Waals surface area contributed by atoms with Gasteiger partial charge in [0.05, 0.1) is 18.0 Å². The number of carbonyl (C=O) groups is 1. The molecule has 5 nitrogen and oxygen atoms in total. The highest BCUT2D eigenvalue weighted by Gasteiger charge is 2.17. The van der Waals surface area contributed by atoms with Crippen LogP contribution in [0.1, 0.15) is 10.5 Å². The van der Waals surface area contributed by atoms with Crippen molar-refractivity contribution in [3.05, 3.63) is 71.2 Å². The summed E-state index contributed by atoms with van der Waals surface area (Å²) in [7, 11) is 1.64. The number of nitrogens with zero attached hydrogens (tertiary/aromatic N) is 2. The molecule has 4 rings (SSSR count). The Hall–Kier alpha value is -3.10. The van der Waals surface area contributed by atoms with Crippen molar-refractivity contribution >= 4 is 33.8 Å². The molecule has 0 aliphatic carbocycles. The second-order valence-electron chi connectivity index (χ2n) is 6.35. The number of para-hydroxylation sites is 1. The van der Waals surface area contributed by atoms with E-state index in [2.05, 4.69) is 14.9 Å². The van der Waals surface area contributed by atoms with Gasteiger partial charge >= 0.3 is 0 Å². The minimum Gasteiger partial charge on any atom is -0.383 e. The number of fused-ring (bicyclic) bond motifs is 1. The van der Waals surface area contributed by atoms with E-state index in [0.717, 1.165) is 28.7 Å². The van der Waals surface area contributed by atoms with Crippen molar-refractivity contribution in [1.82, 2.24) is 9.55 Å². The van der Waals surface area contributed by atoms with Crippen molar-refractivity contribution in [3.8, 4) is 10.7 Å². The summed E-state index contributed by atoms with van der Waals surface area (Å²) in [6.45, 7) is 1.18. The van der Waals surface area contributed by atoms with E-state index in [1.165, 1.54) is 17.4 Å². The van der Waals surface area contributed by atoms with Crippen LogP contribution in [0.3, 0.4) is 0 Å².